The van der Waals surface area contributed by atoms with Gasteiger partial charge in [-0.15, -0.1) is 0 Å². The van der Waals surface area contributed by atoms with E-state index < -0.39 is 10.1 Å². The first-order chi connectivity index (χ1) is 16.1. The summed E-state index contributed by atoms with van der Waals surface area (Å²) in [6.07, 6.45) is 0.996. The van der Waals surface area contributed by atoms with E-state index in [-0.39, 0.29) is 13.2 Å². The zero-order valence-corrected chi connectivity index (χ0v) is 20.9. The van der Waals surface area contributed by atoms with Crippen molar-refractivity contribution in [2.45, 2.75) is 0 Å². The van der Waals surface area contributed by atoms with E-state index in [1.807, 2.05) is 0 Å². The smallest absolute Gasteiger partial charge is 0.264 e. The lowest BCUT2D eigenvalue weighted by Gasteiger charge is -2.08. The number of hydrogen-bond acceptors (Lipinski definition) is 12. The molecule has 0 aliphatic rings. The molecule has 0 rings (SSSR count). The fourth-order valence-electron chi connectivity index (χ4n) is 2.03. The van der Waals surface area contributed by atoms with E-state index in [9.17, 15) is 8.42 Å². The second kappa shape index (κ2) is 26.2. The van der Waals surface area contributed by atoms with Crippen LogP contribution in [0.3, 0.4) is 0 Å². The van der Waals surface area contributed by atoms with Gasteiger partial charge in [0.25, 0.3) is 10.1 Å². The van der Waals surface area contributed by atoms with Crippen molar-refractivity contribution in [1.82, 2.24) is 0 Å². The molecule has 0 saturated carbocycles. The molecule has 0 aliphatic carbocycles. The molecular weight excluding hydrogens is 464 g/mol. The Balaban J connectivity index is 3.04. The molecule has 0 radical (unpaired) electrons. The van der Waals surface area contributed by atoms with Crippen molar-refractivity contribution in [1.29, 1.82) is 0 Å². The van der Waals surface area contributed by atoms with Crippen LogP contribution in [0.15, 0.2) is 0 Å². The number of ether oxygens (including phenoxy) is 9. The van der Waals surface area contributed by atoms with Gasteiger partial charge in [0, 0.05) is 7.11 Å². The summed E-state index contributed by atoms with van der Waals surface area (Å²) in [5.41, 5.74) is 0. The van der Waals surface area contributed by atoms with E-state index in [0.29, 0.717) is 106 Å². The lowest BCUT2D eigenvalue weighted by Crippen LogP contribution is -2.15. The van der Waals surface area contributed by atoms with Gasteiger partial charge in [-0.25, -0.2) is 0 Å². The lowest BCUT2D eigenvalue weighted by molar-refractivity contribution is -0.0246. The third kappa shape index (κ3) is 31.5. The molecule has 0 aromatic rings. The normalized spacial score (nSPS) is 11.9. The molecule has 0 saturated heterocycles. The van der Waals surface area contributed by atoms with E-state index in [4.69, 9.17) is 42.6 Å². The van der Waals surface area contributed by atoms with Crippen LogP contribution in [0.4, 0.5) is 0 Å². The summed E-state index contributed by atoms with van der Waals surface area (Å²) >= 11 is 0. The van der Waals surface area contributed by atoms with Gasteiger partial charge in [0.05, 0.1) is 125 Å². The maximum atomic E-state index is 10.7. The standard InChI is InChI=1S/C20H42O12S/c1-23-3-4-24-5-6-25-7-8-26-9-10-27-11-12-28-13-14-29-15-16-30-17-18-31-19-20-32-33(2,21)22/h3-20H2,1-2H3. The van der Waals surface area contributed by atoms with Gasteiger partial charge in [-0.1, -0.05) is 0 Å². The second-order valence-corrected chi connectivity index (χ2v) is 8.06. The highest BCUT2D eigenvalue weighted by atomic mass is 32.2. The molecule has 0 unspecified atom stereocenters. The van der Waals surface area contributed by atoms with E-state index in [2.05, 4.69) is 4.18 Å². The molecule has 0 bridgehead atoms. The van der Waals surface area contributed by atoms with Crippen LogP contribution in [0.5, 0.6) is 0 Å². The molecule has 0 aliphatic heterocycles. The highest BCUT2D eigenvalue weighted by Crippen LogP contribution is 1.88. The van der Waals surface area contributed by atoms with E-state index in [1.165, 1.54) is 0 Å². The molecule has 13 heteroatoms. The predicted molar refractivity (Wildman–Crippen MR) is 119 cm³/mol. The summed E-state index contributed by atoms with van der Waals surface area (Å²) in [5, 5.41) is 0. The summed E-state index contributed by atoms with van der Waals surface area (Å²) in [5.74, 6) is 0. The minimum absolute atomic E-state index is 0.00326. The molecule has 0 N–H and O–H groups in total. The fourth-order valence-corrected chi connectivity index (χ4v) is 2.40. The quantitative estimate of drug-likeness (QED) is 0.102. The molecule has 33 heavy (non-hydrogen) atoms. The lowest BCUT2D eigenvalue weighted by atomic mass is 10.6. The molecule has 0 fully saturated rings. The first kappa shape index (κ1) is 32.5. The fraction of sp³-hybridized carbons (Fsp3) is 1.00. The predicted octanol–water partition coefficient (Wildman–Crippen LogP) is -0.258. The van der Waals surface area contributed by atoms with E-state index in [1.54, 1.807) is 7.11 Å². The third-order valence-electron chi connectivity index (χ3n) is 3.56. The van der Waals surface area contributed by atoms with Crippen LogP contribution in [0, 0.1) is 0 Å². The molecule has 0 spiro atoms. The van der Waals surface area contributed by atoms with Gasteiger partial charge in [0.1, 0.15) is 0 Å². The zero-order chi connectivity index (χ0) is 24.3. The maximum Gasteiger partial charge on any atom is 0.264 e. The average Bonchev–Trinajstić information content (AvgIpc) is 2.78. The molecule has 0 atom stereocenters. The Kier molecular flexibility index (Phi) is 25.8. The Morgan fingerprint density at radius 2 is 0.606 bits per heavy atom. The summed E-state index contributed by atoms with van der Waals surface area (Å²) in [6, 6.07) is 0. The molecule has 0 heterocycles. The third-order valence-corrected chi connectivity index (χ3v) is 4.16. The Morgan fingerprint density at radius 1 is 0.394 bits per heavy atom. The molecule has 0 aromatic heterocycles. The molecule has 12 nitrogen and oxygen atoms in total. The average molecular weight is 507 g/mol. The largest absolute Gasteiger partial charge is 0.382 e. The summed E-state index contributed by atoms with van der Waals surface area (Å²) in [7, 11) is -1.78. The van der Waals surface area contributed by atoms with Crippen LogP contribution < -0.4 is 0 Å². The van der Waals surface area contributed by atoms with Gasteiger partial charge in [0.2, 0.25) is 0 Å². The van der Waals surface area contributed by atoms with E-state index >= 15 is 0 Å². The summed E-state index contributed by atoms with van der Waals surface area (Å²) in [4.78, 5) is 0. The number of rotatable bonds is 28. The molecular formula is C20H42O12S. The Morgan fingerprint density at radius 3 is 0.818 bits per heavy atom. The highest BCUT2D eigenvalue weighted by Gasteiger charge is 2.00. The Hall–Kier alpha value is -0.450. The SMILES string of the molecule is COCCOCCOCCOCCOCCOCCOCCOCCOCCOS(C)(=O)=O. The van der Waals surface area contributed by atoms with E-state index in [0.717, 1.165) is 6.26 Å². The monoisotopic (exact) mass is 506 g/mol. The number of methoxy groups -OCH3 is 1. The topological polar surface area (TPSA) is 126 Å². The van der Waals surface area contributed by atoms with Gasteiger partial charge in [-0.3, -0.25) is 4.18 Å². The van der Waals surface area contributed by atoms with Crippen LogP contribution in [-0.2, 0) is 56.9 Å². The first-order valence-electron chi connectivity index (χ1n) is 11.0. The van der Waals surface area contributed by atoms with Gasteiger partial charge in [-0.2, -0.15) is 8.42 Å². The van der Waals surface area contributed by atoms with Crippen LogP contribution in [0.2, 0.25) is 0 Å². The second-order valence-electron chi connectivity index (χ2n) is 6.42. The zero-order valence-electron chi connectivity index (χ0n) is 20.0. The van der Waals surface area contributed by atoms with Gasteiger partial charge < -0.3 is 42.6 Å². The number of hydrogen-bond donors (Lipinski definition) is 0. The van der Waals surface area contributed by atoms with Crippen molar-refractivity contribution in [3.63, 3.8) is 0 Å². The van der Waals surface area contributed by atoms with Gasteiger partial charge >= 0.3 is 0 Å². The van der Waals surface area contributed by atoms with Crippen LogP contribution in [0.25, 0.3) is 0 Å². The van der Waals surface area contributed by atoms with Crippen LogP contribution in [0.1, 0.15) is 0 Å². The van der Waals surface area contributed by atoms with Crippen molar-refractivity contribution < 1.29 is 55.2 Å². The Bertz CT molecular complexity index is 478. The molecule has 200 valence electrons. The van der Waals surface area contributed by atoms with Gasteiger partial charge in [-0.05, 0) is 0 Å². The minimum Gasteiger partial charge on any atom is -0.382 e. The maximum absolute atomic E-state index is 10.7. The Labute approximate surface area is 198 Å². The minimum atomic E-state index is -3.41. The van der Waals surface area contributed by atoms with Crippen molar-refractivity contribution in [3.8, 4) is 0 Å². The van der Waals surface area contributed by atoms with Crippen LogP contribution >= 0.6 is 0 Å². The van der Waals surface area contributed by atoms with Crippen molar-refractivity contribution in [2.24, 2.45) is 0 Å². The summed E-state index contributed by atoms with van der Waals surface area (Å²) < 4.78 is 73.6. The van der Waals surface area contributed by atoms with Crippen molar-refractivity contribution in [3.05, 3.63) is 0 Å². The van der Waals surface area contributed by atoms with Gasteiger partial charge in [0.15, 0.2) is 0 Å². The molecule has 0 aromatic carbocycles. The van der Waals surface area contributed by atoms with Crippen molar-refractivity contribution in [2.75, 3.05) is 132 Å². The molecule has 0 amide bonds. The van der Waals surface area contributed by atoms with Crippen LogP contribution in [-0.4, -0.2) is 141 Å². The highest BCUT2D eigenvalue weighted by molar-refractivity contribution is 7.85. The first-order valence-corrected chi connectivity index (χ1v) is 12.8. The summed E-state index contributed by atoms with van der Waals surface area (Å²) in [6.45, 7) is 8.13. The van der Waals surface area contributed by atoms with Crippen molar-refractivity contribution >= 4 is 10.1 Å².